The molecule has 0 saturated carbocycles. The first kappa shape index (κ1) is 45.3. The molecule has 8 aromatic rings. The van der Waals surface area contributed by atoms with Gasteiger partial charge >= 0.3 is 0 Å². The number of phenolic OH excluding ortho intramolecular Hbond substituents is 1. The summed E-state index contributed by atoms with van der Waals surface area (Å²) < 4.78 is 2.12. The predicted octanol–water partition coefficient (Wildman–Crippen LogP) is 14.2. The third kappa shape index (κ3) is 9.06. The maximum atomic E-state index is 12.5. The largest absolute Gasteiger partial charge is 0.507 e. The van der Waals surface area contributed by atoms with E-state index in [1.165, 1.54) is 5.56 Å². The van der Waals surface area contributed by atoms with Crippen LogP contribution in [0.5, 0.6) is 5.75 Å². The van der Waals surface area contributed by atoms with Gasteiger partial charge in [-0.2, -0.15) is 0 Å². The predicted molar refractivity (Wildman–Crippen MR) is 257 cm³/mol. The van der Waals surface area contributed by atoms with Crippen molar-refractivity contribution < 1.29 is 26.2 Å². The summed E-state index contributed by atoms with van der Waals surface area (Å²) in [6.07, 6.45) is 1.62. The van der Waals surface area contributed by atoms with E-state index in [1.807, 2.05) is 18.2 Å². The van der Waals surface area contributed by atoms with Crippen molar-refractivity contribution in [3.05, 3.63) is 156 Å². The van der Waals surface area contributed by atoms with Crippen LogP contribution in [0.1, 0.15) is 105 Å². The van der Waals surface area contributed by atoms with E-state index in [0.717, 1.165) is 55.9 Å². The number of aromatic hydroxyl groups is 1. The average Bonchev–Trinajstić information content (AvgIpc) is 3.62. The van der Waals surface area contributed by atoms with Crippen molar-refractivity contribution in [2.75, 3.05) is 0 Å². The summed E-state index contributed by atoms with van der Waals surface area (Å²) in [6.45, 7) is 26.4. The first-order valence-electron chi connectivity index (χ1n) is 21.6. The second kappa shape index (κ2) is 16.8. The van der Waals surface area contributed by atoms with Gasteiger partial charge in [0.15, 0.2) is 11.5 Å². The molecule has 0 atom stereocenters. The molecule has 1 N–H and O–H groups in total. The maximum absolute atomic E-state index is 12.5. The van der Waals surface area contributed by atoms with Crippen LogP contribution in [-0.4, -0.2) is 29.6 Å². The molecule has 0 unspecified atom stereocenters. The number of rotatable bonds is 6. The van der Waals surface area contributed by atoms with Gasteiger partial charge in [-0.25, -0.2) is 15.0 Å². The molecule has 0 bridgehead atoms. The SMILES string of the molecule is CC(C)(C)c1cc(-c2[c-]ccc(-c3ccccc3)c2)nc(-c2ncnc3c2nc(-c2cc(C(C)(C)C)cc(C(C)(C)C)c2O)n3-c2ccc(C(C)(C)C)cc2-c2ccccc2)c1.[Pt]. The number of hydrogen-bond donors (Lipinski definition) is 1. The van der Waals surface area contributed by atoms with Crippen molar-refractivity contribution in [3.8, 4) is 67.7 Å². The molecule has 63 heavy (non-hydrogen) atoms. The molecule has 324 valence electrons. The Kier molecular flexibility index (Phi) is 12.1. The Morgan fingerprint density at radius 2 is 1.11 bits per heavy atom. The fourth-order valence-electron chi connectivity index (χ4n) is 7.99. The molecule has 0 spiro atoms. The zero-order valence-corrected chi connectivity index (χ0v) is 40.9. The fourth-order valence-corrected chi connectivity index (χ4v) is 7.99. The molecule has 7 heteroatoms. The molecule has 3 heterocycles. The molecule has 0 saturated heterocycles. The zero-order chi connectivity index (χ0) is 44.4. The molecular formula is C56H58N5OPt-. The fraction of sp³-hybridized carbons (Fsp3) is 0.286. The second-order valence-corrected chi connectivity index (χ2v) is 20.7. The molecular weight excluding hydrogens is 954 g/mol. The van der Waals surface area contributed by atoms with Crippen LogP contribution in [0.3, 0.4) is 0 Å². The molecule has 0 aliphatic carbocycles. The van der Waals surface area contributed by atoms with Crippen molar-refractivity contribution in [2.45, 2.75) is 105 Å². The molecule has 0 amide bonds. The van der Waals surface area contributed by atoms with Gasteiger partial charge in [-0.15, -0.1) is 35.4 Å². The van der Waals surface area contributed by atoms with E-state index in [1.54, 1.807) is 6.33 Å². The number of imidazole rings is 1. The summed E-state index contributed by atoms with van der Waals surface area (Å²) in [6, 6.07) is 45.8. The Morgan fingerprint density at radius 3 is 1.73 bits per heavy atom. The van der Waals surface area contributed by atoms with Crippen LogP contribution in [0.25, 0.3) is 73.1 Å². The summed E-state index contributed by atoms with van der Waals surface area (Å²) in [7, 11) is 0. The Labute approximate surface area is 388 Å². The number of phenols is 1. The molecule has 0 aliphatic heterocycles. The zero-order valence-electron chi connectivity index (χ0n) is 38.6. The van der Waals surface area contributed by atoms with E-state index in [-0.39, 0.29) is 48.5 Å². The monoisotopic (exact) mass is 1010 g/mol. The van der Waals surface area contributed by atoms with E-state index in [4.69, 9.17) is 19.9 Å². The topological polar surface area (TPSA) is 76.7 Å². The van der Waals surface area contributed by atoms with E-state index < -0.39 is 0 Å². The van der Waals surface area contributed by atoms with Crippen molar-refractivity contribution in [1.82, 2.24) is 24.5 Å². The molecule has 5 aromatic carbocycles. The van der Waals surface area contributed by atoms with Crippen LogP contribution in [0.15, 0.2) is 128 Å². The van der Waals surface area contributed by atoms with Crippen LogP contribution in [0, 0.1) is 6.07 Å². The summed E-state index contributed by atoms with van der Waals surface area (Å²) in [4.78, 5) is 20.9. The summed E-state index contributed by atoms with van der Waals surface area (Å²) in [5.74, 6) is 0.778. The van der Waals surface area contributed by atoms with E-state index in [2.05, 4.69) is 197 Å². The van der Waals surface area contributed by atoms with Crippen LogP contribution in [-0.2, 0) is 42.7 Å². The third-order valence-electron chi connectivity index (χ3n) is 11.8. The molecule has 0 fully saturated rings. The van der Waals surface area contributed by atoms with Crippen LogP contribution in [0.2, 0.25) is 0 Å². The summed E-state index contributed by atoms with van der Waals surface area (Å²) >= 11 is 0. The van der Waals surface area contributed by atoms with Crippen LogP contribution >= 0.6 is 0 Å². The standard InChI is InChI=1S/C56H58N5O.Pt/c1-53(2,3)39-26-27-47(42(29-39)36-22-17-14-18-23-36)61-51(43-30-40(54(4,5)6)31-44(50(43)62)56(10,11)12)60-49-48(57-34-58-52(49)61)46-33-41(55(7,8)9)32-45(59-46)38-25-19-24-37(28-38)35-20-15-13-16-21-35;/h13-24,26-34,62H,1-12H3;/q-1;. The molecule has 0 aliphatic rings. The van der Waals surface area contributed by atoms with Gasteiger partial charge in [0.25, 0.3) is 0 Å². The molecule has 3 aromatic heterocycles. The minimum absolute atomic E-state index is 0. The van der Waals surface area contributed by atoms with Crippen molar-refractivity contribution in [1.29, 1.82) is 0 Å². The minimum Gasteiger partial charge on any atom is -0.507 e. The van der Waals surface area contributed by atoms with Crippen molar-refractivity contribution in [2.24, 2.45) is 0 Å². The van der Waals surface area contributed by atoms with Gasteiger partial charge in [0.1, 0.15) is 23.3 Å². The summed E-state index contributed by atoms with van der Waals surface area (Å²) in [5.41, 5.74) is 13.4. The smallest absolute Gasteiger partial charge is 0.169 e. The minimum atomic E-state index is -0.353. The Balaban J connectivity index is 0.00000595. The first-order chi connectivity index (χ1) is 29.2. The second-order valence-electron chi connectivity index (χ2n) is 20.7. The number of aromatic nitrogens is 5. The number of benzene rings is 5. The van der Waals surface area contributed by atoms with Crippen molar-refractivity contribution in [3.63, 3.8) is 0 Å². The van der Waals surface area contributed by atoms with Gasteiger partial charge in [-0.05, 0) is 79.4 Å². The summed E-state index contributed by atoms with van der Waals surface area (Å²) in [5, 5.41) is 12.5. The van der Waals surface area contributed by atoms with Gasteiger partial charge in [0, 0.05) is 32.2 Å². The Hall–Kier alpha value is -5.71. The van der Waals surface area contributed by atoms with Gasteiger partial charge < -0.3 is 5.11 Å². The third-order valence-corrected chi connectivity index (χ3v) is 11.8. The molecule has 0 radical (unpaired) electrons. The van der Waals surface area contributed by atoms with Gasteiger partial charge in [0.05, 0.1) is 16.9 Å². The van der Waals surface area contributed by atoms with E-state index in [9.17, 15) is 5.11 Å². The quantitative estimate of drug-likeness (QED) is 0.168. The number of nitrogens with zero attached hydrogens (tertiary/aromatic N) is 5. The van der Waals surface area contributed by atoms with Crippen molar-refractivity contribution >= 4 is 11.2 Å². The van der Waals surface area contributed by atoms with E-state index >= 15 is 0 Å². The molecule has 8 rings (SSSR count). The van der Waals surface area contributed by atoms with Gasteiger partial charge in [-0.3, -0.25) is 9.55 Å². The number of hydrogen-bond acceptors (Lipinski definition) is 5. The normalized spacial score (nSPS) is 12.4. The average molecular weight is 1010 g/mol. The van der Waals surface area contributed by atoms with Gasteiger partial charge in [-0.1, -0.05) is 162 Å². The maximum Gasteiger partial charge on any atom is 0.169 e. The van der Waals surface area contributed by atoms with E-state index in [0.29, 0.717) is 33.9 Å². The number of fused-ring (bicyclic) bond motifs is 1. The first-order valence-corrected chi connectivity index (χ1v) is 21.6. The van der Waals surface area contributed by atoms with Crippen LogP contribution < -0.4 is 0 Å². The number of pyridine rings is 1. The van der Waals surface area contributed by atoms with Crippen LogP contribution in [0.4, 0.5) is 0 Å². The molecule has 6 nitrogen and oxygen atoms in total. The van der Waals surface area contributed by atoms with Gasteiger partial charge in [0.2, 0.25) is 0 Å². The Bertz CT molecular complexity index is 2940. The Morgan fingerprint density at radius 1 is 0.524 bits per heavy atom.